The normalized spacial score (nSPS) is 11.7. The molecule has 0 aliphatic carbocycles. The molecule has 0 saturated carbocycles. The fourth-order valence-electron chi connectivity index (χ4n) is 3.00. The maximum Gasteiger partial charge on any atom is 0.241 e. The lowest BCUT2D eigenvalue weighted by Crippen LogP contribution is -2.24. The molecular weight excluding hydrogens is 360 g/mol. The van der Waals surface area contributed by atoms with Gasteiger partial charge in [-0.2, -0.15) is 5.10 Å². The van der Waals surface area contributed by atoms with Gasteiger partial charge in [0, 0.05) is 30.4 Å². The summed E-state index contributed by atoms with van der Waals surface area (Å²) in [5.74, 6) is 0. The zero-order valence-electron chi connectivity index (χ0n) is 14.7. The summed E-state index contributed by atoms with van der Waals surface area (Å²) in [5, 5.41) is 6.04. The van der Waals surface area contributed by atoms with Crippen LogP contribution in [0.1, 0.15) is 5.69 Å². The highest BCUT2D eigenvalue weighted by Gasteiger charge is 2.18. The Morgan fingerprint density at radius 1 is 1.04 bits per heavy atom. The van der Waals surface area contributed by atoms with Crippen LogP contribution in [0.5, 0.6) is 0 Å². The van der Waals surface area contributed by atoms with Gasteiger partial charge in [-0.3, -0.25) is 9.67 Å². The molecule has 0 fully saturated rings. The molecule has 2 aromatic carbocycles. The van der Waals surface area contributed by atoms with Gasteiger partial charge >= 0.3 is 0 Å². The average molecular weight is 378 g/mol. The monoisotopic (exact) mass is 378 g/mol. The van der Waals surface area contributed by atoms with Crippen LogP contribution in [0, 0.1) is 0 Å². The SMILES string of the molecule is Cn1nc(-c2cccnc2)cc1CNS(=O)(=O)c1cccc2ccccc12. The lowest BCUT2D eigenvalue weighted by atomic mass is 10.1. The predicted molar refractivity (Wildman–Crippen MR) is 104 cm³/mol. The van der Waals surface area contributed by atoms with E-state index < -0.39 is 10.0 Å². The van der Waals surface area contributed by atoms with Gasteiger partial charge in [0.1, 0.15) is 0 Å². The Kier molecular flexibility index (Phi) is 4.47. The fraction of sp³-hybridized carbons (Fsp3) is 0.100. The Balaban J connectivity index is 1.60. The van der Waals surface area contributed by atoms with E-state index in [4.69, 9.17) is 0 Å². The zero-order chi connectivity index (χ0) is 18.9. The molecule has 0 unspecified atom stereocenters. The average Bonchev–Trinajstić information content (AvgIpc) is 3.07. The highest BCUT2D eigenvalue weighted by atomic mass is 32.2. The minimum absolute atomic E-state index is 0.148. The number of fused-ring (bicyclic) bond motifs is 1. The number of pyridine rings is 1. The smallest absolute Gasteiger partial charge is 0.241 e. The molecule has 4 rings (SSSR count). The maximum atomic E-state index is 12.9. The van der Waals surface area contributed by atoms with E-state index >= 15 is 0 Å². The van der Waals surface area contributed by atoms with Crippen LogP contribution in [0.25, 0.3) is 22.0 Å². The summed E-state index contributed by atoms with van der Waals surface area (Å²) < 4.78 is 30.1. The van der Waals surface area contributed by atoms with E-state index in [0.717, 1.165) is 22.3 Å². The van der Waals surface area contributed by atoms with Crippen LogP contribution in [0.4, 0.5) is 0 Å². The summed E-state index contributed by atoms with van der Waals surface area (Å²) in [7, 11) is -1.87. The van der Waals surface area contributed by atoms with Gasteiger partial charge in [0.05, 0.1) is 22.8 Å². The van der Waals surface area contributed by atoms with Gasteiger partial charge in [-0.25, -0.2) is 13.1 Å². The van der Waals surface area contributed by atoms with Gasteiger partial charge in [0.25, 0.3) is 0 Å². The van der Waals surface area contributed by atoms with Crippen molar-refractivity contribution in [3.8, 4) is 11.3 Å². The molecule has 7 heteroatoms. The molecule has 0 aliphatic rings. The highest BCUT2D eigenvalue weighted by Crippen LogP contribution is 2.23. The Morgan fingerprint density at radius 3 is 2.67 bits per heavy atom. The van der Waals surface area contributed by atoms with Crippen LogP contribution in [0.2, 0.25) is 0 Å². The Hall–Kier alpha value is -3.03. The number of hydrogen-bond acceptors (Lipinski definition) is 4. The van der Waals surface area contributed by atoms with Crippen molar-refractivity contribution in [2.75, 3.05) is 0 Å². The molecule has 27 heavy (non-hydrogen) atoms. The Labute approximate surface area is 157 Å². The molecule has 0 radical (unpaired) electrons. The minimum Gasteiger partial charge on any atom is -0.271 e. The molecule has 1 N–H and O–H groups in total. The molecule has 0 atom stereocenters. The molecule has 0 spiro atoms. The maximum absolute atomic E-state index is 12.9. The van der Waals surface area contributed by atoms with Crippen molar-refractivity contribution in [2.24, 2.45) is 7.05 Å². The van der Waals surface area contributed by atoms with Gasteiger partial charge in [-0.1, -0.05) is 36.4 Å². The van der Waals surface area contributed by atoms with Crippen LogP contribution in [0.3, 0.4) is 0 Å². The van der Waals surface area contributed by atoms with E-state index in [1.807, 2.05) is 48.5 Å². The first-order chi connectivity index (χ1) is 13.0. The number of sulfonamides is 1. The van der Waals surface area contributed by atoms with Crippen molar-refractivity contribution in [3.05, 3.63) is 78.8 Å². The van der Waals surface area contributed by atoms with Gasteiger partial charge < -0.3 is 0 Å². The Morgan fingerprint density at radius 2 is 1.85 bits per heavy atom. The number of nitrogens with one attached hydrogen (secondary N) is 1. The lowest BCUT2D eigenvalue weighted by Gasteiger charge is -2.09. The first kappa shape index (κ1) is 17.4. The second kappa shape index (κ2) is 6.94. The molecule has 6 nitrogen and oxygen atoms in total. The second-order valence-electron chi connectivity index (χ2n) is 6.19. The third-order valence-electron chi connectivity index (χ3n) is 4.42. The van der Waals surface area contributed by atoms with Crippen LogP contribution in [-0.4, -0.2) is 23.2 Å². The van der Waals surface area contributed by atoms with Crippen molar-refractivity contribution < 1.29 is 8.42 Å². The van der Waals surface area contributed by atoms with Gasteiger partial charge in [-0.05, 0) is 29.7 Å². The number of nitrogens with zero attached hydrogens (tertiary/aromatic N) is 3. The van der Waals surface area contributed by atoms with Crippen molar-refractivity contribution in [3.63, 3.8) is 0 Å². The first-order valence-electron chi connectivity index (χ1n) is 8.45. The van der Waals surface area contributed by atoms with Crippen LogP contribution in [-0.2, 0) is 23.6 Å². The van der Waals surface area contributed by atoms with E-state index in [1.54, 1.807) is 36.3 Å². The molecule has 4 aromatic rings. The number of hydrogen-bond donors (Lipinski definition) is 1. The van der Waals surface area contributed by atoms with E-state index in [2.05, 4.69) is 14.8 Å². The first-order valence-corrected chi connectivity index (χ1v) is 9.94. The van der Waals surface area contributed by atoms with Gasteiger partial charge in [-0.15, -0.1) is 0 Å². The standard InChI is InChI=1S/C20H18N4O2S/c1-24-17(12-19(23-24)16-8-5-11-21-13-16)14-22-27(25,26)20-10-4-7-15-6-2-3-9-18(15)20/h2-13,22H,14H2,1H3. The second-order valence-corrected chi connectivity index (χ2v) is 7.92. The van der Waals surface area contributed by atoms with E-state index in [-0.39, 0.29) is 11.4 Å². The minimum atomic E-state index is -3.66. The lowest BCUT2D eigenvalue weighted by molar-refractivity contribution is 0.578. The fourth-order valence-corrected chi connectivity index (χ4v) is 4.23. The van der Waals surface area contributed by atoms with E-state index in [0.29, 0.717) is 5.39 Å². The summed E-state index contributed by atoms with van der Waals surface area (Å²) in [5.41, 5.74) is 2.40. The van der Waals surface area contributed by atoms with Gasteiger partial charge in [0.2, 0.25) is 10.0 Å². The van der Waals surface area contributed by atoms with Crippen molar-refractivity contribution in [1.29, 1.82) is 0 Å². The number of aryl methyl sites for hydroxylation is 1. The number of rotatable bonds is 5. The summed E-state index contributed by atoms with van der Waals surface area (Å²) in [6.45, 7) is 0.148. The van der Waals surface area contributed by atoms with Crippen molar-refractivity contribution in [1.82, 2.24) is 19.5 Å². The number of aromatic nitrogens is 3. The molecule has 2 heterocycles. The summed E-state index contributed by atoms with van der Waals surface area (Å²) in [6.07, 6.45) is 3.43. The molecular formula is C20H18N4O2S. The third kappa shape index (κ3) is 3.47. The molecule has 0 amide bonds. The molecule has 0 aliphatic heterocycles. The van der Waals surface area contributed by atoms with E-state index in [1.165, 1.54) is 0 Å². The van der Waals surface area contributed by atoms with Crippen molar-refractivity contribution in [2.45, 2.75) is 11.4 Å². The molecule has 2 aromatic heterocycles. The Bertz CT molecular complexity index is 1200. The topological polar surface area (TPSA) is 76.9 Å². The summed E-state index contributed by atoms with van der Waals surface area (Å²) in [4.78, 5) is 4.37. The van der Waals surface area contributed by atoms with Crippen LogP contribution < -0.4 is 4.72 Å². The highest BCUT2D eigenvalue weighted by molar-refractivity contribution is 7.89. The van der Waals surface area contributed by atoms with Gasteiger partial charge in [0.15, 0.2) is 0 Å². The third-order valence-corrected chi connectivity index (χ3v) is 5.88. The van der Waals surface area contributed by atoms with E-state index in [9.17, 15) is 8.42 Å². The largest absolute Gasteiger partial charge is 0.271 e. The molecule has 136 valence electrons. The quantitative estimate of drug-likeness (QED) is 0.579. The van der Waals surface area contributed by atoms with Crippen molar-refractivity contribution >= 4 is 20.8 Å². The van der Waals surface area contributed by atoms with Crippen LogP contribution >= 0.6 is 0 Å². The number of benzene rings is 2. The predicted octanol–water partition coefficient (Wildman–Crippen LogP) is 3.11. The molecule has 0 saturated heterocycles. The summed E-state index contributed by atoms with van der Waals surface area (Å²) >= 11 is 0. The summed E-state index contributed by atoms with van der Waals surface area (Å²) in [6, 6.07) is 18.3. The zero-order valence-corrected chi connectivity index (χ0v) is 15.5. The van der Waals surface area contributed by atoms with Crippen LogP contribution in [0.15, 0.2) is 78.0 Å². The molecule has 0 bridgehead atoms.